The van der Waals surface area contributed by atoms with Crippen LogP contribution < -0.4 is 9.47 Å². The summed E-state index contributed by atoms with van der Waals surface area (Å²) in [4.78, 5) is 0. The Balaban J connectivity index is 1.32. The van der Waals surface area contributed by atoms with Crippen LogP contribution in [-0.2, 0) is 16.1 Å². The van der Waals surface area contributed by atoms with Gasteiger partial charge in [-0.15, -0.1) is 0 Å². The highest BCUT2D eigenvalue weighted by atomic mass is 16.7. The predicted molar refractivity (Wildman–Crippen MR) is 105 cm³/mol. The average Bonchev–Trinajstić information content (AvgIpc) is 3.12. The fourth-order valence-corrected chi connectivity index (χ4v) is 3.11. The van der Waals surface area contributed by atoms with E-state index in [1.807, 2.05) is 18.2 Å². The second-order valence-electron chi connectivity index (χ2n) is 7.03. The summed E-state index contributed by atoms with van der Waals surface area (Å²) in [5.74, 6) is 1.66. The van der Waals surface area contributed by atoms with Crippen molar-refractivity contribution >= 4 is 0 Å². The van der Waals surface area contributed by atoms with Crippen LogP contribution in [0.15, 0.2) is 18.2 Å². The molecule has 0 spiro atoms. The SMILES string of the molecule is CCCOCCCCCCCCCCCOCc1ccc2c(c1)OCO2. The van der Waals surface area contributed by atoms with Crippen LogP contribution >= 0.6 is 0 Å². The quantitative estimate of drug-likeness (QED) is 0.344. The number of benzene rings is 1. The maximum atomic E-state index is 5.77. The Bertz CT molecular complexity index is 475. The number of ether oxygens (including phenoxy) is 4. The molecule has 1 aromatic carbocycles. The molecule has 0 fully saturated rings. The molecule has 0 bridgehead atoms. The van der Waals surface area contributed by atoms with Crippen molar-refractivity contribution in [3.8, 4) is 11.5 Å². The molecule has 1 aliphatic heterocycles. The van der Waals surface area contributed by atoms with Crippen LogP contribution in [-0.4, -0.2) is 26.6 Å². The van der Waals surface area contributed by atoms with Crippen LogP contribution in [0.2, 0.25) is 0 Å². The number of rotatable bonds is 16. The first-order valence-electron chi connectivity index (χ1n) is 10.4. The molecule has 148 valence electrons. The first-order valence-corrected chi connectivity index (χ1v) is 10.4. The maximum Gasteiger partial charge on any atom is 0.231 e. The lowest BCUT2D eigenvalue weighted by molar-refractivity contribution is 0.116. The van der Waals surface area contributed by atoms with Gasteiger partial charge in [0.15, 0.2) is 11.5 Å². The smallest absolute Gasteiger partial charge is 0.231 e. The topological polar surface area (TPSA) is 36.9 Å². The molecule has 26 heavy (non-hydrogen) atoms. The molecular weight excluding hydrogens is 328 g/mol. The molecule has 0 radical (unpaired) electrons. The van der Waals surface area contributed by atoms with E-state index in [9.17, 15) is 0 Å². The van der Waals surface area contributed by atoms with Gasteiger partial charge in [-0.3, -0.25) is 0 Å². The van der Waals surface area contributed by atoms with Gasteiger partial charge < -0.3 is 18.9 Å². The summed E-state index contributed by atoms with van der Waals surface area (Å²) >= 11 is 0. The van der Waals surface area contributed by atoms with E-state index in [4.69, 9.17) is 18.9 Å². The number of fused-ring (bicyclic) bond motifs is 1. The first kappa shape index (κ1) is 21.0. The van der Waals surface area contributed by atoms with E-state index in [1.165, 1.54) is 51.4 Å². The lowest BCUT2D eigenvalue weighted by atomic mass is 10.1. The molecule has 4 nitrogen and oxygen atoms in total. The largest absolute Gasteiger partial charge is 0.454 e. The predicted octanol–water partition coefficient (Wildman–Crippen LogP) is 5.87. The fourth-order valence-electron chi connectivity index (χ4n) is 3.11. The van der Waals surface area contributed by atoms with Gasteiger partial charge in [0.2, 0.25) is 6.79 Å². The van der Waals surface area contributed by atoms with Crippen LogP contribution in [0.1, 0.15) is 76.7 Å². The molecule has 1 aliphatic rings. The number of hydrogen-bond acceptors (Lipinski definition) is 4. The van der Waals surface area contributed by atoms with E-state index in [1.54, 1.807) is 0 Å². The molecule has 0 atom stereocenters. The van der Waals surface area contributed by atoms with E-state index in [2.05, 4.69) is 6.92 Å². The van der Waals surface area contributed by atoms with Gasteiger partial charge in [-0.2, -0.15) is 0 Å². The zero-order chi connectivity index (χ0) is 18.3. The molecule has 0 aromatic heterocycles. The highest BCUT2D eigenvalue weighted by Gasteiger charge is 2.12. The monoisotopic (exact) mass is 364 g/mol. The summed E-state index contributed by atoms with van der Waals surface area (Å²) in [7, 11) is 0. The van der Waals surface area contributed by atoms with E-state index >= 15 is 0 Å². The highest BCUT2D eigenvalue weighted by molar-refractivity contribution is 5.44. The lowest BCUT2D eigenvalue weighted by Gasteiger charge is -2.06. The Labute approximate surface area is 159 Å². The van der Waals surface area contributed by atoms with E-state index in [-0.39, 0.29) is 0 Å². The van der Waals surface area contributed by atoms with Crippen LogP contribution in [0.5, 0.6) is 11.5 Å². The molecule has 0 saturated carbocycles. The third kappa shape index (κ3) is 8.91. The van der Waals surface area contributed by atoms with Gasteiger partial charge in [0, 0.05) is 19.8 Å². The fraction of sp³-hybridized carbons (Fsp3) is 0.727. The Kier molecular flexibility index (Phi) is 11.2. The van der Waals surface area contributed by atoms with Crippen molar-refractivity contribution in [2.75, 3.05) is 26.6 Å². The van der Waals surface area contributed by atoms with Crippen LogP contribution in [0.25, 0.3) is 0 Å². The van der Waals surface area contributed by atoms with Crippen molar-refractivity contribution in [2.24, 2.45) is 0 Å². The third-order valence-electron chi connectivity index (χ3n) is 4.63. The third-order valence-corrected chi connectivity index (χ3v) is 4.63. The Hall–Kier alpha value is -1.26. The molecule has 0 unspecified atom stereocenters. The van der Waals surface area contributed by atoms with Gasteiger partial charge in [-0.25, -0.2) is 0 Å². The average molecular weight is 365 g/mol. The summed E-state index contributed by atoms with van der Waals surface area (Å²) in [6.45, 7) is 5.84. The lowest BCUT2D eigenvalue weighted by Crippen LogP contribution is -1.96. The molecule has 0 N–H and O–H groups in total. The standard InChI is InChI=1S/C22H36O4/c1-2-14-23-15-10-8-6-4-3-5-7-9-11-16-24-18-20-12-13-21-22(17-20)26-19-25-21/h12-13,17H,2-11,14-16,18-19H2,1H3. The van der Waals surface area contributed by atoms with Crippen molar-refractivity contribution in [1.82, 2.24) is 0 Å². The van der Waals surface area contributed by atoms with Gasteiger partial charge in [0.05, 0.1) is 6.61 Å². The van der Waals surface area contributed by atoms with Crippen molar-refractivity contribution in [2.45, 2.75) is 77.7 Å². The summed E-state index contributed by atoms with van der Waals surface area (Å²) < 4.78 is 22.0. The molecule has 1 aromatic rings. The Morgan fingerprint density at radius 2 is 1.35 bits per heavy atom. The van der Waals surface area contributed by atoms with Gasteiger partial charge in [-0.1, -0.05) is 57.9 Å². The maximum absolute atomic E-state index is 5.77. The van der Waals surface area contributed by atoms with Gasteiger partial charge in [0.25, 0.3) is 0 Å². The summed E-state index contributed by atoms with van der Waals surface area (Å²) in [5.41, 5.74) is 1.15. The molecule has 0 saturated heterocycles. The number of unbranched alkanes of at least 4 members (excludes halogenated alkanes) is 8. The number of hydrogen-bond donors (Lipinski definition) is 0. The van der Waals surface area contributed by atoms with Crippen molar-refractivity contribution in [3.05, 3.63) is 23.8 Å². The second-order valence-corrected chi connectivity index (χ2v) is 7.03. The molecule has 1 heterocycles. The molecule has 0 aliphatic carbocycles. The minimum Gasteiger partial charge on any atom is -0.454 e. The second kappa shape index (κ2) is 13.9. The summed E-state index contributed by atoms with van der Waals surface area (Å²) in [5, 5.41) is 0. The van der Waals surface area contributed by atoms with Crippen molar-refractivity contribution in [1.29, 1.82) is 0 Å². The zero-order valence-corrected chi connectivity index (χ0v) is 16.5. The molecular formula is C22H36O4. The minimum absolute atomic E-state index is 0.326. The van der Waals surface area contributed by atoms with Gasteiger partial charge in [0.1, 0.15) is 0 Å². The normalized spacial score (nSPS) is 12.7. The van der Waals surface area contributed by atoms with Crippen molar-refractivity contribution in [3.63, 3.8) is 0 Å². The van der Waals surface area contributed by atoms with E-state index < -0.39 is 0 Å². The van der Waals surface area contributed by atoms with Gasteiger partial charge >= 0.3 is 0 Å². The first-order chi connectivity index (χ1) is 12.9. The summed E-state index contributed by atoms with van der Waals surface area (Å²) in [6, 6.07) is 6.01. The van der Waals surface area contributed by atoms with Crippen LogP contribution in [0.3, 0.4) is 0 Å². The molecule has 0 amide bonds. The highest BCUT2D eigenvalue weighted by Crippen LogP contribution is 2.32. The van der Waals surface area contributed by atoms with Crippen molar-refractivity contribution < 1.29 is 18.9 Å². The Morgan fingerprint density at radius 3 is 2.04 bits per heavy atom. The van der Waals surface area contributed by atoms with E-state index in [0.717, 1.165) is 49.7 Å². The van der Waals surface area contributed by atoms with Gasteiger partial charge in [-0.05, 0) is 37.0 Å². The van der Waals surface area contributed by atoms with E-state index in [0.29, 0.717) is 13.4 Å². The van der Waals surface area contributed by atoms with Crippen LogP contribution in [0, 0.1) is 0 Å². The minimum atomic E-state index is 0.326. The Morgan fingerprint density at radius 1 is 0.731 bits per heavy atom. The zero-order valence-electron chi connectivity index (χ0n) is 16.5. The molecule has 4 heteroatoms. The van der Waals surface area contributed by atoms with Crippen LogP contribution in [0.4, 0.5) is 0 Å². The molecule has 2 rings (SSSR count). The summed E-state index contributed by atoms with van der Waals surface area (Å²) in [6.07, 6.45) is 12.9.